The van der Waals surface area contributed by atoms with E-state index in [4.69, 9.17) is 0 Å². The van der Waals surface area contributed by atoms with Crippen molar-refractivity contribution in [2.75, 3.05) is 19.6 Å². The Morgan fingerprint density at radius 1 is 1.00 bits per heavy atom. The Labute approximate surface area is 89.9 Å². The molecule has 14 heavy (non-hydrogen) atoms. The first-order valence-electron chi connectivity index (χ1n) is 5.87. The van der Waals surface area contributed by atoms with Crippen LogP contribution in [-0.2, 0) is 0 Å². The van der Waals surface area contributed by atoms with Crippen LogP contribution < -0.4 is 10.6 Å². The molecule has 2 N–H and O–H groups in total. The summed E-state index contributed by atoms with van der Waals surface area (Å²) in [6.07, 6.45) is 2.63. The summed E-state index contributed by atoms with van der Waals surface area (Å²) in [4.78, 5) is 0. The molecular weight excluding hydrogens is 172 g/mol. The number of nitrogens with one attached hydrogen (secondary N) is 2. The van der Waals surface area contributed by atoms with Crippen LogP contribution in [0.25, 0.3) is 0 Å². The van der Waals surface area contributed by atoms with Crippen LogP contribution >= 0.6 is 0 Å². The lowest BCUT2D eigenvalue weighted by Crippen LogP contribution is -2.40. The van der Waals surface area contributed by atoms with Gasteiger partial charge in [0, 0.05) is 18.6 Å². The average molecular weight is 200 g/mol. The quantitative estimate of drug-likeness (QED) is 0.617. The fourth-order valence-corrected chi connectivity index (χ4v) is 1.29. The highest BCUT2D eigenvalue weighted by Crippen LogP contribution is 2.01. The largest absolute Gasteiger partial charge is 0.315 e. The molecule has 0 aromatic rings. The Morgan fingerprint density at radius 3 is 2.14 bits per heavy atom. The maximum Gasteiger partial charge on any atom is 0.00970 e. The molecule has 2 heteroatoms. The average Bonchev–Trinajstić information content (AvgIpc) is 2.00. The first kappa shape index (κ1) is 13.9. The third kappa shape index (κ3) is 11.9. The molecule has 0 rings (SSSR count). The Balaban J connectivity index is 3.07. The van der Waals surface area contributed by atoms with Gasteiger partial charge >= 0.3 is 0 Å². The van der Waals surface area contributed by atoms with Gasteiger partial charge in [-0.05, 0) is 46.1 Å². The Hall–Kier alpha value is -0.0800. The molecule has 0 saturated carbocycles. The zero-order valence-electron chi connectivity index (χ0n) is 10.6. The van der Waals surface area contributed by atoms with Crippen molar-refractivity contribution in [1.29, 1.82) is 0 Å². The van der Waals surface area contributed by atoms with Crippen molar-refractivity contribution in [2.45, 2.75) is 53.0 Å². The molecule has 0 heterocycles. The summed E-state index contributed by atoms with van der Waals surface area (Å²) in [7, 11) is 0. The third-order valence-electron chi connectivity index (χ3n) is 2.09. The van der Waals surface area contributed by atoms with Gasteiger partial charge in [0.15, 0.2) is 0 Å². The first-order chi connectivity index (χ1) is 6.42. The zero-order valence-corrected chi connectivity index (χ0v) is 10.6. The second-order valence-electron chi connectivity index (χ2n) is 5.46. The van der Waals surface area contributed by atoms with Gasteiger partial charge in [-0.2, -0.15) is 0 Å². The molecule has 0 unspecified atom stereocenters. The Morgan fingerprint density at radius 2 is 1.64 bits per heavy atom. The lowest BCUT2D eigenvalue weighted by atomic mass is 10.1. The van der Waals surface area contributed by atoms with Crippen LogP contribution in [0.15, 0.2) is 0 Å². The van der Waals surface area contributed by atoms with Crippen LogP contribution in [-0.4, -0.2) is 25.2 Å². The van der Waals surface area contributed by atoms with Crippen LogP contribution in [0.2, 0.25) is 0 Å². The fourth-order valence-electron chi connectivity index (χ4n) is 1.29. The maximum atomic E-state index is 3.46. The molecular formula is C12H28N2. The highest BCUT2D eigenvalue weighted by molar-refractivity contribution is 4.70. The highest BCUT2D eigenvalue weighted by Gasteiger charge is 2.06. The van der Waals surface area contributed by atoms with E-state index in [0.717, 1.165) is 25.6 Å². The van der Waals surface area contributed by atoms with Gasteiger partial charge in [0.05, 0.1) is 0 Å². The summed E-state index contributed by atoms with van der Waals surface area (Å²) >= 11 is 0. The summed E-state index contributed by atoms with van der Waals surface area (Å²) in [6.45, 7) is 14.5. The van der Waals surface area contributed by atoms with Crippen molar-refractivity contribution in [3.63, 3.8) is 0 Å². The summed E-state index contributed by atoms with van der Waals surface area (Å²) in [5.74, 6) is 0.838. The minimum absolute atomic E-state index is 0.250. The van der Waals surface area contributed by atoms with E-state index >= 15 is 0 Å². The van der Waals surface area contributed by atoms with Gasteiger partial charge in [0.25, 0.3) is 0 Å². The van der Waals surface area contributed by atoms with Crippen LogP contribution in [0, 0.1) is 5.92 Å². The molecule has 0 aliphatic rings. The lowest BCUT2D eigenvalue weighted by Gasteiger charge is -2.20. The second-order valence-corrected chi connectivity index (χ2v) is 5.46. The van der Waals surface area contributed by atoms with Gasteiger partial charge in [0.1, 0.15) is 0 Å². The standard InChI is InChI=1S/C12H28N2/c1-11(2)7-6-8-13-9-10-14-12(3,4)5/h11,13-14H,6-10H2,1-5H3. The van der Waals surface area contributed by atoms with E-state index in [1.807, 2.05) is 0 Å². The predicted octanol–water partition coefficient (Wildman–Crippen LogP) is 2.40. The maximum absolute atomic E-state index is 3.46. The van der Waals surface area contributed by atoms with E-state index < -0.39 is 0 Å². The molecule has 0 fully saturated rings. The van der Waals surface area contributed by atoms with Crippen LogP contribution in [0.5, 0.6) is 0 Å². The fraction of sp³-hybridized carbons (Fsp3) is 1.00. The predicted molar refractivity (Wildman–Crippen MR) is 64.7 cm³/mol. The SMILES string of the molecule is CC(C)CCCNCCNC(C)(C)C. The van der Waals surface area contributed by atoms with Gasteiger partial charge in [0.2, 0.25) is 0 Å². The van der Waals surface area contributed by atoms with Gasteiger partial charge in [-0.1, -0.05) is 13.8 Å². The topological polar surface area (TPSA) is 24.1 Å². The van der Waals surface area contributed by atoms with Gasteiger partial charge in [-0.15, -0.1) is 0 Å². The molecule has 0 bridgehead atoms. The summed E-state index contributed by atoms with van der Waals surface area (Å²) < 4.78 is 0. The summed E-state index contributed by atoms with van der Waals surface area (Å²) in [5, 5.41) is 6.91. The van der Waals surface area contributed by atoms with Crippen LogP contribution in [0.3, 0.4) is 0 Å². The van der Waals surface area contributed by atoms with Gasteiger partial charge in [-0.25, -0.2) is 0 Å². The molecule has 0 aliphatic carbocycles. The van der Waals surface area contributed by atoms with Crippen molar-refractivity contribution in [3.8, 4) is 0 Å². The van der Waals surface area contributed by atoms with Crippen LogP contribution in [0.4, 0.5) is 0 Å². The minimum atomic E-state index is 0.250. The van der Waals surface area contributed by atoms with Crippen molar-refractivity contribution >= 4 is 0 Å². The van der Waals surface area contributed by atoms with Gasteiger partial charge < -0.3 is 10.6 Å². The molecule has 0 saturated heterocycles. The monoisotopic (exact) mass is 200 g/mol. The van der Waals surface area contributed by atoms with E-state index in [-0.39, 0.29) is 5.54 Å². The third-order valence-corrected chi connectivity index (χ3v) is 2.09. The smallest absolute Gasteiger partial charge is 0.00970 e. The summed E-state index contributed by atoms with van der Waals surface area (Å²) in [6, 6.07) is 0. The molecule has 0 aliphatic heterocycles. The molecule has 0 aromatic carbocycles. The molecule has 0 radical (unpaired) electrons. The Kier molecular flexibility index (Phi) is 7.20. The van der Waals surface area contributed by atoms with Gasteiger partial charge in [-0.3, -0.25) is 0 Å². The number of hydrogen-bond acceptors (Lipinski definition) is 2. The van der Waals surface area contributed by atoms with Crippen molar-refractivity contribution in [1.82, 2.24) is 10.6 Å². The van der Waals surface area contributed by atoms with Crippen LogP contribution in [0.1, 0.15) is 47.5 Å². The van der Waals surface area contributed by atoms with E-state index in [9.17, 15) is 0 Å². The van der Waals surface area contributed by atoms with E-state index in [2.05, 4.69) is 45.3 Å². The second kappa shape index (κ2) is 7.24. The molecule has 86 valence electrons. The van der Waals surface area contributed by atoms with E-state index in [0.29, 0.717) is 0 Å². The molecule has 0 spiro atoms. The Bertz CT molecular complexity index is 125. The minimum Gasteiger partial charge on any atom is -0.315 e. The highest BCUT2D eigenvalue weighted by atomic mass is 15.0. The van der Waals surface area contributed by atoms with E-state index in [1.54, 1.807) is 0 Å². The van der Waals surface area contributed by atoms with Crippen molar-refractivity contribution in [2.24, 2.45) is 5.92 Å². The normalized spacial score (nSPS) is 12.4. The summed E-state index contributed by atoms with van der Waals surface area (Å²) in [5.41, 5.74) is 0.250. The van der Waals surface area contributed by atoms with Crippen molar-refractivity contribution < 1.29 is 0 Å². The molecule has 0 amide bonds. The molecule has 0 atom stereocenters. The lowest BCUT2D eigenvalue weighted by molar-refractivity contribution is 0.419. The first-order valence-corrected chi connectivity index (χ1v) is 5.87. The number of hydrogen-bond donors (Lipinski definition) is 2. The zero-order chi connectivity index (χ0) is 11.0. The van der Waals surface area contributed by atoms with Crippen molar-refractivity contribution in [3.05, 3.63) is 0 Å². The molecule has 2 nitrogen and oxygen atoms in total. The number of rotatable bonds is 7. The molecule has 0 aromatic heterocycles. The van der Waals surface area contributed by atoms with E-state index in [1.165, 1.54) is 12.8 Å².